The van der Waals surface area contributed by atoms with E-state index in [2.05, 4.69) is 21.8 Å². The Morgan fingerprint density at radius 3 is 2.66 bits per heavy atom. The van der Waals surface area contributed by atoms with Crippen molar-refractivity contribution in [2.24, 2.45) is 13.0 Å². The molecule has 0 bridgehead atoms. The summed E-state index contributed by atoms with van der Waals surface area (Å²) in [5.74, 6) is 2.39. The summed E-state index contributed by atoms with van der Waals surface area (Å²) in [6, 6.07) is 7.08. The molecule has 2 atom stereocenters. The number of aromatic amines is 1. The van der Waals surface area contributed by atoms with E-state index >= 15 is 0 Å². The molecule has 1 aliphatic rings. The summed E-state index contributed by atoms with van der Waals surface area (Å²) >= 11 is 0. The quantitative estimate of drug-likeness (QED) is 0.562. The summed E-state index contributed by atoms with van der Waals surface area (Å²) in [7, 11) is 3.16. The van der Waals surface area contributed by atoms with Crippen molar-refractivity contribution in [2.75, 3.05) is 31.7 Å². The molecule has 0 spiro atoms. The maximum absolute atomic E-state index is 12.7. The highest BCUT2D eigenvalue weighted by molar-refractivity contribution is 5.74. The van der Waals surface area contributed by atoms with Crippen LogP contribution in [0.1, 0.15) is 19.8 Å². The van der Waals surface area contributed by atoms with E-state index in [1.165, 1.54) is 4.57 Å². The Kier molecular flexibility index (Phi) is 6.22. The van der Waals surface area contributed by atoms with Crippen LogP contribution >= 0.6 is 0 Å². The van der Waals surface area contributed by atoms with Crippen molar-refractivity contribution in [1.29, 1.82) is 0 Å². The Morgan fingerprint density at radius 2 is 1.97 bits per heavy atom. The van der Waals surface area contributed by atoms with E-state index in [1.807, 2.05) is 0 Å². The lowest BCUT2D eigenvalue weighted by Gasteiger charge is -2.32. The molecule has 4 rings (SSSR count). The summed E-state index contributed by atoms with van der Waals surface area (Å²) in [6.45, 7) is 3.92. The Labute approximate surface area is 185 Å². The third-order valence-corrected chi connectivity index (χ3v) is 5.82. The molecule has 3 aromatic rings. The number of nitrogens with zero attached hydrogens (tertiary/aromatic N) is 4. The van der Waals surface area contributed by atoms with Gasteiger partial charge in [-0.15, -0.1) is 0 Å². The molecule has 1 aliphatic heterocycles. The van der Waals surface area contributed by atoms with Gasteiger partial charge in [-0.1, -0.05) is 6.92 Å². The lowest BCUT2D eigenvalue weighted by Crippen LogP contribution is -2.37. The zero-order chi connectivity index (χ0) is 22.8. The van der Waals surface area contributed by atoms with Gasteiger partial charge in [0, 0.05) is 20.1 Å². The number of aliphatic hydroxyl groups is 1. The van der Waals surface area contributed by atoms with Gasteiger partial charge in [0.05, 0.1) is 13.7 Å². The van der Waals surface area contributed by atoms with E-state index < -0.39 is 17.4 Å². The minimum absolute atomic E-state index is 0.0332. The summed E-state index contributed by atoms with van der Waals surface area (Å²) in [5.41, 5.74) is -0.469. The SMILES string of the molecule is COc1ccc(OC[C@@H](O)Cn2c(N3CCC[C@H](C)C3)nc3c2c(=O)[nH]c(=O)n3C)cc1. The van der Waals surface area contributed by atoms with Gasteiger partial charge in [0.2, 0.25) is 5.95 Å². The third-order valence-electron chi connectivity index (χ3n) is 5.82. The number of nitrogens with one attached hydrogen (secondary N) is 1. The number of aromatic nitrogens is 4. The van der Waals surface area contributed by atoms with E-state index in [0.717, 1.165) is 25.9 Å². The van der Waals surface area contributed by atoms with Crippen molar-refractivity contribution >= 4 is 17.1 Å². The number of aliphatic hydroxyl groups excluding tert-OH is 1. The van der Waals surface area contributed by atoms with Crippen LogP contribution in [0.5, 0.6) is 11.5 Å². The highest BCUT2D eigenvalue weighted by Gasteiger charge is 2.26. The van der Waals surface area contributed by atoms with Gasteiger partial charge in [-0.05, 0) is 43.0 Å². The minimum Gasteiger partial charge on any atom is -0.497 e. The first-order valence-electron chi connectivity index (χ1n) is 10.8. The number of hydrogen-bond donors (Lipinski definition) is 2. The Bertz CT molecular complexity index is 1200. The number of hydrogen-bond acceptors (Lipinski definition) is 7. The van der Waals surface area contributed by atoms with Crippen LogP contribution in [0.3, 0.4) is 0 Å². The third kappa shape index (κ3) is 4.36. The van der Waals surface area contributed by atoms with E-state index in [4.69, 9.17) is 9.47 Å². The Morgan fingerprint density at radius 1 is 1.25 bits per heavy atom. The van der Waals surface area contributed by atoms with Crippen molar-refractivity contribution in [3.63, 3.8) is 0 Å². The standard InChI is InChI=1S/C22H29N5O5/c1-14-5-4-10-26(11-14)21-23-19-18(20(29)24-22(30)25(19)2)27(21)12-15(28)13-32-17-8-6-16(31-3)7-9-17/h6-9,14-15,28H,4-5,10-13H2,1-3H3,(H,24,29,30)/t14-,15-/m0/s1. The fourth-order valence-corrected chi connectivity index (χ4v) is 4.14. The van der Waals surface area contributed by atoms with Crippen molar-refractivity contribution in [2.45, 2.75) is 32.4 Å². The number of methoxy groups -OCH3 is 1. The normalized spacial score (nSPS) is 17.5. The largest absolute Gasteiger partial charge is 0.497 e. The van der Waals surface area contributed by atoms with E-state index in [1.54, 1.807) is 43.0 Å². The average molecular weight is 444 g/mol. The highest BCUT2D eigenvalue weighted by atomic mass is 16.5. The van der Waals surface area contributed by atoms with Crippen LogP contribution in [0, 0.1) is 5.92 Å². The van der Waals surface area contributed by atoms with Crippen LogP contribution in [0.2, 0.25) is 0 Å². The molecule has 3 heterocycles. The van der Waals surface area contributed by atoms with Crippen LogP contribution in [-0.2, 0) is 13.6 Å². The van der Waals surface area contributed by atoms with Gasteiger partial charge in [-0.2, -0.15) is 4.98 Å². The van der Waals surface area contributed by atoms with Crippen molar-refractivity contribution in [3.05, 3.63) is 45.1 Å². The fourth-order valence-electron chi connectivity index (χ4n) is 4.14. The summed E-state index contributed by atoms with van der Waals surface area (Å²) in [6.07, 6.45) is 1.25. The van der Waals surface area contributed by atoms with Gasteiger partial charge in [-0.25, -0.2) is 4.79 Å². The number of ether oxygens (including phenoxy) is 2. The summed E-state index contributed by atoms with van der Waals surface area (Å²) in [5, 5.41) is 10.7. The Balaban J connectivity index is 1.63. The number of piperidine rings is 1. The molecule has 0 unspecified atom stereocenters. The first-order chi connectivity index (χ1) is 15.4. The smallest absolute Gasteiger partial charge is 0.329 e. The number of rotatable bonds is 7. The topological polar surface area (TPSA) is 115 Å². The van der Waals surface area contributed by atoms with Crippen LogP contribution in [0.15, 0.2) is 33.9 Å². The average Bonchev–Trinajstić information content (AvgIpc) is 3.16. The predicted octanol–water partition coefficient (Wildman–Crippen LogP) is 1.11. The fraction of sp³-hybridized carbons (Fsp3) is 0.500. The molecule has 10 nitrogen and oxygen atoms in total. The molecule has 0 saturated carbocycles. The molecule has 172 valence electrons. The molecule has 1 aromatic carbocycles. The number of benzene rings is 1. The second kappa shape index (κ2) is 9.07. The zero-order valence-corrected chi connectivity index (χ0v) is 18.6. The van der Waals surface area contributed by atoms with Crippen LogP contribution in [0.4, 0.5) is 5.95 Å². The zero-order valence-electron chi connectivity index (χ0n) is 18.6. The number of imidazole rings is 1. The molecular formula is C22H29N5O5. The number of aryl methyl sites for hydroxylation is 1. The second-order valence-electron chi connectivity index (χ2n) is 8.35. The van der Waals surface area contributed by atoms with Gasteiger partial charge in [0.15, 0.2) is 11.2 Å². The van der Waals surface area contributed by atoms with E-state index in [0.29, 0.717) is 29.0 Å². The highest BCUT2D eigenvalue weighted by Crippen LogP contribution is 2.25. The van der Waals surface area contributed by atoms with Crippen molar-refractivity contribution in [1.82, 2.24) is 19.1 Å². The first kappa shape index (κ1) is 21.9. The van der Waals surface area contributed by atoms with Gasteiger partial charge in [0.1, 0.15) is 24.2 Å². The summed E-state index contributed by atoms with van der Waals surface area (Å²) < 4.78 is 13.9. The molecule has 10 heteroatoms. The van der Waals surface area contributed by atoms with Gasteiger partial charge in [0.25, 0.3) is 5.56 Å². The number of anilines is 1. The molecular weight excluding hydrogens is 414 g/mol. The summed E-state index contributed by atoms with van der Waals surface area (Å²) in [4.78, 5) is 33.9. The predicted molar refractivity (Wildman–Crippen MR) is 121 cm³/mol. The van der Waals surface area contributed by atoms with Gasteiger partial charge < -0.3 is 24.0 Å². The maximum atomic E-state index is 12.7. The van der Waals surface area contributed by atoms with Crippen molar-refractivity contribution in [3.8, 4) is 11.5 Å². The van der Waals surface area contributed by atoms with Crippen molar-refractivity contribution < 1.29 is 14.6 Å². The molecule has 0 aliphatic carbocycles. The molecule has 1 fully saturated rings. The van der Waals surface area contributed by atoms with Gasteiger partial charge >= 0.3 is 5.69 Å². The minimum atomic E-state index is -0.896. The van der Waals surface area contributed by atoms with Crippen LogP contribution in [0.25, 0.3) is 11.2 Å². The van der Waals surface area contributed by atoms with Gasteiger partial charge in [-0.3, -0.25) is 14.3 Å². The maximum Gasteiger partial charge on any atom is 0.329 e. The number of fused-ring (bicyclic) bond motifs is 1. The first-order valence-corrected chi connectivity index (χ1v) is 10.8. The molecule has 2 N–H and O–H groups in total. The van der Waals surface area contributed by atoms with E-state index in [9.17, 15) is 14.7 Å². The Hall–Kier alpha value is -3.27. The second-order valence-corrected chi connectivity index (χ2v) is 8.35. The monoisotopic (exact) mass is 443 g/mol. The lowest BCUT2D eigenvalue weighted by atomic mass is 10.0. The number of H-pyrrole nitrogens is 1. The molecule has 1 saturated heterocycles. The molecule has 32 heavy (non-hydrogen) atoms. The van der Waals surface area contributed by atoms with Crippen LogP contribution < -0.4 is 25.6 Å². The van der Waals surface area contributed by atoms with Crippen LogP contribution in [-0.4, -0.2) is 57.1 Å². The lowest BCUT2D eigenvalue weighted by molar-refractivity contribution is 0.0935. The molecule has 2 aromatic heterocycles. The van der Waals surface area contributed by atoms with E-state index in [-0.39, 0.29) is 18.7 Å². The molecule has 0 amide bonds. The molecule has 0 radical (unpaired) electrons.